The molecule has 0 saturated carbocycles. The van der Waals surface area contributed by atoms with E-state index in [0.29, 0.717) is 17.1 Å². The molecule has 0 fully saturated rings. The van der Waals surface area contributed by atoms with Crippen LogP contribution in [0.3, 0.4) is 0 Å². The number of rotatable bonds is 4. The van der Waals surface area contributed by atoms with Crippen molar-refractivity contribution < 1.29 is 14.3 Å². The molecule has 1 amide bonds. The molecule has 104 valence electrons. The Labute approximate surface area is 118 Å². The third-order valence-electron chi connectivity index (χ3n) is 2.93. The van der Waals surface area contributed by atoms with Crippen LogP contribution in [0.5, 0.6) is 11.5 Å². The van der Waals surface area contributed by atoms with Crippen LogP contribution in [0.25, 0.3) is 0 Å². The number of hydrogen-bond acceptors (Lipinski definition) is 3. The minimum atomic E-state index is -0.230. The zero-order valence-corrected chi connectivity index (χ0v) is 11.8. The van der Waals surface area contributed by atoms with E-state index < -0.39 is 0 Å². The van der Waals surface area contributed by atoms with Crippen molar-refractivity contribution in [2.24, 2.45) is 0 Å². The van der Waals surface area contributed by atoms with Crippen LogP contribution in [-0.4, -0.2) is 20.1 Å². The summed E-state index contributed by atoms with van der Waals surface area (Å²) in [5, 5.41) is 2.85. The fourth-order valence-corrected chi connectivity index (χ4v) is 1.91. The summed E-state index contributed by atoms with van der Waals surface area (Å²) in [5.41, 5.74) is 2.27. The number of carbonyl (C=O) groups is 1. The van der Waals surface area contributed by atoms with Gasteiger partial charge in [0.1, 0.15) is 11.5 Å². The summed E-state index contributed by atoms with van der Waals surface area (Å²) in [7, 11) is 3.09. The molecule has 0 bridgehead atoms. The lowest BCUT2D eigenvalue weighted by Gasteiger charge is -2.11. The smallest absolute Gasteiger partial charge is 0.259 e. The monoisotopic (exact) mass is 271 g/mol. The van der Waals surface area contributed by atoms with Crippen LogP contribution >= 0.6 is 0 Å². The van der Waals surface area contributed by atoms with Gasteiger partial charge in [-0.2, -0.15) is 0 Å². The lowest BCUT2D eigenvalue weighted by atomic mass is 10.1. The molecule has 0 aliphatic rings. The molecule has 0 aromatic heterocycles. The maximum absolute atomic E-state index is 12.3. The number of hydrogen-bond donors (Lipinski definition) is 1. The lowest BCUT2D eigenvalue weighted by Crippen LogP contribution is -2.13. The van der Waals surface area contributed by atoms with E-state index in [1.807, 2.05) is 31.2 Å². The average molecular weight is 271 g/mol. The second-order valence-corrected chi connectivity index (χ2v) is 4.39. The minimum Gasteiger partial charge on any atom is -0.497 e. The molecule has 0 unspecified atom stereocenters. The van der Waals surface area contributed by atoms with Gasteiger partial charge in [-0.15, -0.1) is 0 Å². The van der Waals surface area contributed by atoms with Gasteiger partial charge in [0.05, 0.1) is 19.8 Å². The molecule has 1 N–H and O–H groups in total. The minimum absolute atomic E-state index is 0.230. The first-order valence-corrected chi connectivity index (χ1v) is 6.24. The van der Waals surface area contributed by atoms with Crippen LogP contribution in [0.1, 0.15) is 15.9 Å². The Morgan fingerprint density at radius 2 is 1.85 bits per heavy atom. The summed E-state index contributed by atoms with van der Waals surface area (Å²) in [6, 6.07) is 12.7. The van der Waals surface area contributed by atoms with Gasteiger partial charge in [-0.3, -0.25) is 4.79 Å². The van der Waals surface area contributed by atoms with Crippen molar-refractivity contribution in [2.75, 3.05) is 19.5 Å². The highest BCUT2D eigenvalue weighted by molar-refractivity contribution is 6.06. The lowest BCUT2D eigenvalue weighted by molar-refractivity contribution is 0.102. The number of anilines is 1. The van der Waals surface area contributed by atoms with Crippen molar-refractivity contribution in [1.29, 1.82) is 0 Å². The third-order valence-corrected chi connectivity index (χ3v) is 2.93. The van der Waals surface area contributed by atoms with Gasteiger partial charge >= 0.3 is 0 Å². The van der Waals surface area contributed by atoms with E-state index in [1.54, 1.807) is 25.3 Å². The zero-order chi connectivity index (χ0) is 14.5. The highest BCUT2D eigenvalue weighted by atomic mass is 16.5. The molecule has 0 aliphatic heterocycles. The normalized spacial score (nSPS) is 9.95. The number of benzene rings is 2. The number of amides is 1. The van der Waals surface area contributed by atoms with Crippen molar-refractivity contribution in [3.8, 4) is 11.5 Å². The summed E-state index contributed by atoms with van der Waals surface area (Å²) in [4.78, 5) is 12.3. The van der Waals surface area contributed by atoms with E-state index in [-0.39, 0.29) is 5.91 Å². The molecule has 0 atom stereocenters. The molecule has 2 aromatic carbocycles. The van der Waals surface area contributed by atoms with E-state index in [1.165, 1.54) is 7.11 Å². The number of carbonyl (C=O) groups excluding carboxylic acids is 1. The Hall–Kier alpha value is -2.49. The van der Waals surface area contributed by atoms with Crippen LogP contribution in [0.15, 0.2) is 42.5 Å². The Morgan fingerprint density at radius 1 is 1.05 bits per heavy atom. The van der Waals surface area contributed by atoms with E-state index in [4.69, 9.17) is 9.47 Å². The van der Waals surface area contributed by atoms with Gasteiger partial charge in [-0.05, 0) is 42.8 Å². The first-order chi connectivity index (χ1) is 9.63. The SMILES string of the molecule is COc1ccc(OC)c(C(=O)Nc2cccc(C)c2)c1. The van der Waals surface area contributed by atoms with E-state index in [9.17, 15) is 4.79 Å². The van der Waals surface area contributed by atoms with Crippen LogP contribution in [0.4, 0.5) is 5.69 Å². The van der Waals surface area contributed by atoms with Crippen molar-refractivity contribution >= 4 is 11.6 Å². The second kappa shape index (κ2) is 6.10. The predicted octanol–water partition coefficient (Wildman–Crippen LogP) is 3.26. The first kappa shape index (κ1) is 13.9. The summed E-state index contributed by atoms with van der Waals surface area (Å²) in [5.74, 6) is 0.891. The van der Waals surface area contributed by atoms with Gasteiger partial charge in [0, 0.05) is 5.69 Å². The molecule has 20 heavy (non-hydrogen) atoms. The van der Waals surface area contributed by atoms with Crippen LogP contribution in [-0.2, 0) is 0 Å². The Kier molecular flexibility index (Phi) is 4.25. The third kappa shape index (κ3) is 3.09. The van der Waals surface area contributed by atoms with Gasteiger partial charge in [0.25, 0.3) is 5.91 Å². The standard InChI is InChI=1S/C16H17NO3/c1-11-5-4-6-12(9-11)17-16(18)14-10-13(19-2)7-8-15(14)20-3/h4-10H,1-3H3,(H,17,18). The summed E-state index contributed by atoms with van der Waals surface area (Å²) in [6.07, 6.45) is 0. The van der Waals surface area contributed by atoms with Gasteiger partial charge in [-0.25, -0.2) is 0 Å². The fraction of sp³-hybridized carbons (Fsp3) is 0.188. The van der Waals surface area contributed by atoms with Crippen molar-refractivity contribution in [3.63, 3.8) is 0 Å². The molecular weight excluding hydrogens is 254 g/mol. The van der Waals surface area contributed by atoms with Crippen molar-refractivity contribution in [2.45, 2.75) is 6.92 Å². The molecular formula is C16H17NO3. The summed E-state index contributed by atoms with van der Waals surface area (Å²) in [6.45, 7) is 1.97. The fourth-order valence-electron chi connectivity index (χ4n) is 1.91. The van der Waals surface area contributed by atoms with E-state index in [2.05, 4.69) is 5.32 Å². The Morgan fingerprint density at radius 3 is 2.50 bits per heavy atom. The molecule has 0 aliphatic carbocycles. The largest absolute Gasteiger partial charge is 0.497 e. The molecule has 4 heteroatoms. The molecule has 0 heterocycles. The molecule has 0 spiro atoms. The Balaban J connectivity index is 2.28. The highest BCUT2D eigenvalue weighted by Crippen LogP contribution is 2.25. The van der Waals surface area contributed by atoms with Crippen molar-refractivity contribution in [1.82, 2.24) is 0 Å². The molecule has 2 rings (SSSR count). The first-order valence-electron chi connectivity index (χ1n) is 6.24. The van der Waals surface area contributed by atoms with Gasteiger partial charge in [0.15, 0.2) is 0 Å². The molecule has 0 radical (unpaired) electrons. The van der Waals surface area contributed by atoms with Gasteiger partial charge in [-0.1, -0.05) is 12.1 Å². The predicted molar refractivity (Wildman–Crippen MR) is 78.7 cm³/mol. The van der Waals surface area contributed by atoms with E-state index in [0.717, 1.165) is 11.3 Å². The van der Waals surface area contributed by atoms with E-state index >= 15 is 0 Å². The molecule has 4 nitrogen and oxygen atoms in total. The molecule has 0 saturated heterocycles. The van der Waals surface area contributed by atoms with Gasteiger partial charge in [0.2, 0.25) is 0 Å². The van der Waals surface area contributed by atoms with Crippen LogP contribution < -0.4 is 14.8 Å². The maximum Gasteiger partial charge on any atom is 0.259 e. The van der Waals surface area contributed by atoms with Crippen molar-refractivity contribution in [3.05, 3.63) is 53.6 Å². The van der Waals surface area contributed by atoms with Crippen LogP contribution in [0.2, 0.25) is 0 Å². The number of methoxy groups -OCH3 is 2. The maximum atomic E-state index is 12.3. The number of aryl methyl sites for hydroxylation is 1. The highest BCUT2D eigenvalue weighted by Gasteiger charge is 2.13. The van der Waals surface area contributed by atoms with Gasteiger partial charge < -0.3 is 14.8 Å². The summed E-state index contributed by atoms with van der Waals surface area (Å²) >= 11 is 0. The quantitative estimate of drug-likeness (QED) is 0.928. The zero-order valence-electron chi connectivity index (χ0n) is 11.8. The van der Waals surface area contributed by atoms with Crippen LogP contribution in [0, 0.1) is 6.92 Å². The summed E-state index contributed by atoms with van der Waals surface area (Å²) < 4.78 is 10.3. The molecule has 2 aromatic rings. The Bertz CT molecular complexity index is 623. The number of ether oxygens (including phenoxy) is 2. The average Bonchev–Trinajstić information content (AvgIpc) is 2.46. The second-order valence-electron chi connectivity index (χ2n) is 4.39. The number of nitrogens with one attached hydrogen (secondary N) is 1. The topological polar surface area (TPSA) is 47.6 Å².